The molecule has 1 heterocycles. The van der Waals surface area contributed by atoms with Crippen molar-refractivity contribution in [1.82, 2.24) is 4.90 Å². The Hall–Kier alpha value is -1.99. The molecule has 0 radical (unpaired) electrons. The molecular weight excluding hydrogens is 428 g/mol. The van der Waals surface area contributed by atoms with Crippen LogP contribution < -0.4 is 5.32 Å². The van der Waals surface area contributed by atoms with E-state index in [9.17, 15) is 14.4 Å². The molecule has 0 aliphatic carbocycles. The van der Waals surface area contributed by atoms with Crippen molar-refractivity contribution in [2.75, 3.05) is 11.9 Å². The second kappa shape index (κ2) is 6.25. The number of hydrogen-bond acceptors (Lipinski definition) is 3. The molecule has 0 atom stereocenters. The third kappa shape index (κ3) is 3.07. The van der Waals surface area contributed by atoms with Crippen molar-refractivity contribution in [2.45, 2.75) is 0 Å². The highest BCUT2D eigenvalue weighted by Crippen LogP contribution is 2.26. The van der Waals surface area contributed by atoms with Crippen LogP contribution in [0.15, 0.2) is 51.4 Å². The first-order valence-corrected chi connectivity index (χ1v) is 8.26. The molecule has 0 unspecified atom stereocenters. The highest BCUT2D eigenvalue weighted by Gasteiger charge is 2.36. The van der Waals surface area contributed by atoms with Gasteiger partial charge in [0.2, 0.25) is 5.91 Å². The van der Waals surface area contributed by atoms with Gasteiger partial charge in [0, 0.05) is 8.95 Å². The van der Waals surface area contributed by atoms with E-state index in [1.54, 1.807) is 42.5 Å². The van der Waals surface area contributed by atoms with Gasteiger partial charge in [0.1, 0.15) is 6.54 Å². The van der Waals surface area contributed by atoms with Gasteiger partial charge < -0.3 is 5.32 Å². The number of halogens is 2. The van der Waals surface area contributed by atoms with E-state index in [1.807, 2.05) is 0 Å². The van der Waals surface area contributed by atoms with Crippen LogP contribution in [-0.4, -0.2) is 29.2 Å². The first-order chi connectivity index (χ1) is 11.0. The number of rotatable bonds is 3. The summed E-state index contributed by atoms with van der Waals surface area (Å²) in [7, 11) is 0. The van der Waals surface area contributed by atoms with Crippen molar-refractivity contribution in [3.8, 4) is 0 Å². The molecule has 0 fully saturated rings. The number of hydrogen-bond donors (Lipinski definition) is 1. The Labute approximate surface area is 148 Å². The fourth-order valence-corrected chi connectivity index (χ4v) is 3.45. The molecule has 1 N–H and O–H groups in total. The van der Waals surface area contributed by atoms with Gasteiger partial charge in [-0.2, -0.15) is 0 Å². The average Bonchev–Trinajstić information content (AvgIpc) is 2.76. The third-order valence-electron chi connectivity index (χ3n) is 3.39. The molecule has 23 heavy (non-hydrogen) atoms. The Morgan fingerprint density at radius 1 is 1.00 bits per heavy atom. The van der Waals surface area contributed by atoms with Crippen molar-refractivity contribution in [2.24, 2.45) is 0 Å². The predicted octanol–water partition coefficient (Wildman–Crippen LogP) is 3.45. The lowest BCUT2D eigenvalue weighted by molar-refractivity contribution is -0.116. The molecule has 3 amide bonds. The van der Waals surface area contributed by atoms with Gasteiger partial charge in [0.25, 0.3) is 11.8 Å². The van der Waals surface area contributed by atoms with Gasteiger partial charge >= 0.3 is 0 Å². The van der Waals surface area contributed by atoms with E-state index >= 15 is 0 Å². The van der Waals surface area contributed by atoms with Gasteiger partial charge in [-0.3, -0.25) is 19.3 Å². The fraction of sp³-hybridized carbons (Fsp3) is 0.0625. The van der Waals surface area contributed by atoms with Gasteiger partial charge in [-0.05, 0) is 46.3 Å². The summed E-state index contributed by atoms with van der Waals surface area (Å²) in [5, 5.41) is 2.68. The van der Waals surface area contributed by atoms with Crippen LogP contribution in [0.1, 0.15) is 20.7 Å². The molecule has 5 nitrogen and oxygen atoms in total. The SMILES string of the molecule is O=C(CN1C(=O)c2ccccc2C1=O)Nc1ccc(Br)cc1Br. The molecule has 0 bridgehead atoms. The number of benzene rings is 2. The molecule has 3 rings (SSSR count). The average molecular weight is 438 g/mol. The fourth-order valence-electron chi connectivity index (χ4n) is 2.31. The van der Waals surface area contributed by atoms with Crippen LogP contribution in [0.25, 0.3) is 0 Å². The van der Waals surface area contributed by atoms with Crippen LogP contribution in [0.2, 0.25) is 0 Å². The minimum absolute atomic E-state index is 0.325. The van der Waals surface area contributed by atoms with Gasteiger partial charge in [-0.1, -0.05) is 28.1 Å². The lowest BCUT2D eigenvalue weighted by Crippen LogP contribution is -2.37. The molecule has 0 saturated heterocycles. The molecule has 1 aliphatic rings. The number of nitrogens with one attached hydrogen (secondary N) is 1. The summed E-state index contributed by atoms with van der Waals surface area (Å²) >= 11 is 6.67. The van der Waals surface area contributed by atoms with Crippen molar-refractivity contribution in [1.29, 1.82) is 0 Å². The minimum atomic E-state index is -0.448. The summed E-state index contributed by atoms with van der Waals surface area (Å²) in [6.45, 7) is -0.325. The molecule has 7 heteroatoms. The predicted molar refractivity (Wildman–Crippen MR) is 92.3 cm³/mol. The molecular formula is C16H10Br2N2O3. The summed E-state index contributed by atoms with van der Waals surface area (Å²) < 4.78 is 1.56. The van der Waals surface area contributed by atoms with E-state index < -0.39 is 17.7 Å². The summed E-state index contributed by atoms with van der Waals surface area (Å²) in [5.41, 5.74) is 1.22. The number of carbonyl (C=O) groups excluding carboxylic acids is 3. The Kier molecular flexibility index (Phi) is 4.32. The number of anilines is 1. The molecule has 0 spiro atoms. The Bertz CT molecular complexity index is 801. The van der Waals surface area contributed by atoms with E-state index in [0.717, 1.165) is 9.37 Å². The second-order valence-corrected chi connectivity index (χ2v) is 6.68. The summed E-state index contributed by atoms with van der Waals surface area (Å²) in [5.74, 6) is -1.34. The van der Waals surface area contributed by atoms with Crippen molar-refractivity contribution < 1.29 is 14.4 Å². The van der Waals surface area contributed by atoms with Crippen LogP contribution in [-0.2, 0) is 4.79 Å². The molecule has 0 aromatic heterocycles. The zero-order chi connectivity index (χ0) is 16.6. The van der Waals surface area contributed by atoms with Crippen molar-refractivity contribution >= 4 is 55.3 Å². The quantitative estimate of drug-likeness (QED) is 0.748. The summed E-state index contributed by atoms with van der Waals surface area (Å²) in [6, 6.07) is 11.8. The maximum absolute atomic E-state index is 12.2. The number of amides is 3. The molecule has 2 aromatic rings. The van der Waals surface area contributed by atoms with Gasteiger partial charge in [0.15, 0.2) is 0 Å². The van der Waals surface area contributed by atoms with Crippen molar-refractivity contribution in [3.63, 3.8) is 0 Å². The van der Waals surface area contributed by atoms with E-state index in [4.69, 9.17) is 0 Å². The summed E-state index contributed by atoms with van der Waals surface area (Å²) in [4.78, 5) is 37.5. The lowest BCUT2D eigenvalue weighted by atomic mass is 10.1. The van der Waals surface area contributed by atoms with Crippen molar-refractivity contribution in [3.05, 3.63) is 62.5 Å². The monoisotopic (exact) mass is 436 g/mol. The van der Waals surface area contributed by atoms with Crippen LogP contribution >= 0.6 is 31.9 Å². The number of fused-ring (bicyclic) bond motifs is 1. The topological polar surface area (TPSA) is 66.5 Å². The molecule has 0 saturated carbocycles. The maximum atomic E-state index is 12.2. The summed E-state index contributed by atoms with van der Waals surface area (Å²) in [6.07, 6.45) is 0. The minimum Gasteiger partial charge on any atom is -0.323 e. The standard InChI is InChI=1S/C16H10Br2N2O3/c17-9-5-6-13(12(18)7-9)19-14(21)8-20-15(22)10-3-1-2-4-11(10)16(20)23/h1-7H,8H2,(H,19,21). The smallest absolute Gasteiger partial charge is 0.262 e. The largest absolute Gasteiger partial charge is 0.323 e. The van der Waals surface area contributed by atoms with Crippen LogP contribution in [0.5, 0.6) is 0 Å². The zero-order valence-corrected chi connectivity index (χ0v) is 14.8. The highest BCUT2D eigenvalue weighted by atomic mass is 79.9. The van der Waals surface area contributed by atoms with Crippen LogP contribution in [0.4, 0.5) is 5.69 Å². The molecule has 116 valence electrons. The number of carbonyl (C=O) groups is 3. The number of nitrogens with zero attached hydrogens (tertiary/aromatic N) is 1. The maximum Gasteiger partial charge on any atom is 0.262 e. The van der Waals surface area contributed by atoms with E-state index in [1.165, 1.54) is 0 Å². The van der Waals surface area contributed by atoms with Crippen LogP contribution in [0.3, 0.4) is 0 Å². The highest BCUT2D eigenvalue weighted by molar-refractivity contribution is 9.11. The van der Waals surface area contributed by atoms with Gasteiger partial charge in [-0.15, -0.1) is 0 Å². The molecule has 2 aromatic carbocycles. The van der Waals surface area contributed by atoms with E-state index in [-0.39, 0.29) is 6.54 Å². The second-order valence-electron chi connectivity index (χ2n) is 4.91. The Balaban J connectivity index is 1.74. The van der Waals surface area contributed by atoms with E-state index in [2.05, 4.69) is 37.2 Å². The first kappa shape index (κ1) is 15.9. The molecule has 1 aliphatic heterocycles. The van der Waals surface area contributed by atoms with Gasteiger partial charge in [0.05, 0.1) is 16.8 Å². The van der Waals surface area contributed by atoms with Crippen LogP contribution in [0, 0.1) is 0 Å². The number of imide groups is 1. The zero-order valence-electron chi connectivity index (χ0n) is 11.7. The third-order valence-corrected chi connectivity index (χ3v) is 4.53. The van der Waals surface area contributed by atoms with Gasteiger partial charge in [-0.25, -0.2) is 0 Å². The Morgan fingerprint density at radius 3 is 2.17 bits per heavy atom. The lowest BCUT2D eigenvalue weighted by Gasteiger charge is -2.14. The normalized spacial score (nSPS) is 13.2. The first-order valence-electron chi connectivity index (χ1n) is 6.67. The Morgan fingerprint density at radius 2 is 1.61 bits per heavy atom. The van der Waals surface area contributed by atoms with E-state index in [0.29, 0.717) is 21.3 Å².